The van der Waals surface area contributed by atoms with E-state index in [4.69, 9.17) is 0 Å². The van der Waals surface area contributed by atoms with Crippen LogP contribution in [-0.4, -0.2) is 33.3 Å². The lowest BCUT2D eigenvalue weighted by Gasteiger charge is -2.34. The average molecular weight is 367 g/mol. The summed E-state index contributed by atoms with van der Waals surface area (Å²) in [7, 11) is 0. The number of fused-ring (bicyclic) bond motifs is 1. The number of likely N-dealkylation sites (tertiary alicyclic amines) is 1. The Bertz CT molecular complexity index is 999. The maximum atomic E-state index is 13.1. The maximum Gasteiger partial charge on any atom is 0.271 e. The van der Waals surface area contributed by atoms with Gasteiger partial charge >= 0.3 is 0 Å². The van der Waals surface area contributed by atoms with Crippen LogP contribution < -0.4 is 5.56 Å². The van der Waals surface area contributed by atoms with Crippen molar-refractivity contribution in [2.24, 2.45) is 11.8 Å². The Morgan fingerprint density at radius 2 is 1.85 bits per heavy atom. The summed E-state index contributed by atoms with van der Waals surface area (Å²) in [6.07, 6.45) is 2.55. The first-order valence-electron chi connectivity index (χ1n) is 8.88. The molecule has 2 atom stereocenters. The zero-order chi connectivity index (χ0) is 18.3. The molecule has 1 aromatic carbocycles. The number of amides is 1. The number of aromatic nitrogens is 2. The van der Waals surface area contributed by atoms with Crippen molar-refractivity contribution in [2.75, 3.05) is 13.1 Å². The second-order valence-electron chi connectivity index (χ2n) is 7.24. The summed E-state index contributed by atoms with van der Waals surface area (Å²) >= 11 is 1.41. The molecular formula is C20H21N3O2S. The molecule has 3 heterocycles. The van der Waals surface area contributed by atoms with Gasteiger partial charge in [0, 0.05) is 24.7 Å². The van der Waals surface area contributed by atoms with Crippen molar-refractivity contribution in [3.63, 3.8) is 0 Å². The van der Waals surface area contributed by atoms with Crippen LogP contribution in [-0.2, 0) is 0 Å². The molecule has 1 aliphatic heterocycles. The van der Waals surface area contributed by atoms with Crippen LogP contribution in [0.5, 0.6) is 0 Å². The van der Waals surface area contributed by atoms with Gasteiger partial charge in [-0.25, -0.2) is 4.98 Å². The molecular weight excluding hydrogens is 346 g/mol. The minimum absolute atomic E-state index is 0.152. The molecule has 0 saturated carbocycles. The van der Waals surface area contributed by atoms with Crippen molar-refractivity contribution in [3.8, 4) is 11.3 Å². The van der Waals surface area contributed by atoms with Gasteiger partial charge in [-0.1, -0.05) is 44.2 Å². The second-order valence-corrected chi connectivity index (χ2v) is 8.07. The third-order valence-corrected chi connectivity index (χ3v) is 5.74. The van der Waals surface area contributed by atoms with Gasteiger partial charge in [0.2, 0.25) is 0 Å². The zero-order valence-corrected chi connectivity index (χ0v) is 15.7. The van der Waals surface area contributed by atoms with Gasteiger partial charge in [-0.05, 0) is 23.8 Å². The number of nitrogens with zero attached hydrogens (tertiary/aromatic N) is 3. The molecule has 3 aromatic rings. The molecule has 0 N–H and O–H groups in total. The third-order valence-electron chi connectivity index (χ3n) is 4.90. The van der Waals surface area contributed by atoms with Gasteiger partial charge in [0.25, 0.3) is 11.5 Å². The molecule has 0 radical (unpaired) electrons. The molecule has 134 valence electrons. The molecule has 0 spiro atoms. The first-order valence-corrected chi connectivity index (χ1v) is 9.76. The molecule has 1 aliphatic rings. The van der Waals surface area contributed by atoms with Gasteiger partial charge in [-0.15, -0.1) is 11.3 Å². The summed E-state index contributed by atoms with van der Waals surface area (Å²) in [4.78, 5) is 32.9. The molecule has 2 aromatic heterocycles. The van der Waals surface area contributed by atoms with Gasteiger partial charge in [0.05, 0.1) is 5.69 Å². The van der Waals surface area contributed by atoms with Gasteiger partial charge in [0.1, 0.15) is 5.56 Å². The molecule has 0 aliphatic carbocycles. The van der Waals surface area contributed by atoms with Crippen molar-refractivity contribution in [2.45, 2.75) is 20.3 Å². The van der Waals surface area contributed by atoms with Crippen LogP contribution in [0.1, 0.15) is 30.6 Å². The summed E-state index contributed by atoms with van der Waals surface area (Å²) in [6, 6.07) is 9.71. The molecule has 5 nitrogen and oxygen atoms in total. The van der Waals surface area contributed by atoms with E-state index in [0.29, 0.717) is 29.9 Å². The standard InChI is InChI=1S/C20H21N3O2S/c1-13-8-14(2)11-22(10-13)18(24)16-9-21-20-23(19(16)25)17(12-26-20)15-6-4-3-5-7-15/h3-7,9,12-14H,8,10-11H2,1-2H3. The SMILES string of the molecule is CC1CC(C)CN(C(=O)c2cnc3scc(-c4ccccc4)n3c2=O)C1. The predicted molar refractivity (Wildman–Crippen MR) is 104 cm³/mol. The van der Waals surface area contributed by atoms with Crippen LogP contribution in [0.25, 0.3) is 16.2 Å². The number of piperidine rings is 1. The van der Waals surface area contributed by atoms with Gasteiger partial charge in [-0.2, -0.15) is 0 Å². The monoisotopic (exact) mass is 367 g/mol. The van der Waals surface area contributed by atoms with E-state index in [2.05, 4.69) is 18.8 Å². The van der Waals surface area contributed by atoms with E-state index < -0.39 is 0 Å². The average Bonchev–Trinajstić information content (AvgIpc) is 3.06. The normalized spacial score (nSPS) is 20.5. The first kappa shape index (κ1) is 17.0. The molecule has 0 bridgehead atoms. The maximum absolute atomic E-state index is 13.1. The molecule has 6 heteroatoms. The van der Waals surface area contributed by atoms with E-state index in [1.54, 1.807) is 9.30 Å². The van der Waals surface area contributed by atoms with Gasteiger partial charge < -0.3 is 4.90 Å². The fraction of sp³-hybridized carbons (Fsp3) is 0.350. The number of hydrogen-bond acceptors (Lipinski definition) is 4. The van der Waals surface area contributed by atoms with Crippen molar-refractivity contribution in [1.82, 2.24) is 14.3 Å². The summed E-state index contributed by atoms with van der Waals surface area (Å²) in [6.45, 7) is 5.69. The Kier molecular flexibility index (Phi) is 4.36. The Labute approximate surface area is 155 Å². The van der Waals surface area contributed by atoms with E-state index in [0.717, 1.165) is 17.7 Å². The van der Waals surface area contributed by atoms with E-state index in [-0.39, 0.29) is 17.0 Å². The van der Waals surface area contributed by atoms with E-state index in [9.17, 15) is 9.59 Å². The lowest BCUT2D eigenvalue weighted by Crippen LogP contribution is -2.44. The topological polar surface area (TPSA) is 54.7 Å². The summed E-state index contributed by atoms with van der Waals surface area (Å²) in [5.41, 5.74) is 1.58. The highest BCUT2D eigenvalue weighted by Gasteiger charge is 2.28. The smallest absolute Gasteiger partial charge is 0.271 e. The molecule has 1 saturated heterocycles. The molecule has 4 rings (SSSR count). The summed E-state index contributed by atoms with van der Waals surface area (Å²) < 4.78 is 1.56. The lowest BCUT2D eigenvalue weighted by molar-refractivity contribution is 0.0620. The van der Waals surface area contributed by atoms with Crippen LogP contribution in [0.2, 0.25) is 0 Å². The Morgan fingerprint density at radius 1 is 1.15 bits per heavy atom. The fourth-order valence-corrected chi connectivity index (χ4v) is 4.71. The van der Waals surface area contributed by atoms with Gasteiger partial charge in [-0.3, -0.25) is 14.0 Å². The number of hydrogen-bond donors (Lipinski definition) is 0. The molecule has 1 amide bonds. The van der Waals surface area contributed by atoms with Crippen LogP contribution in [0.15, 0.2) is 46.7 Å². The Hall–Kier alpha value is -2.47. The predicted octanol–water partition coefficient (Wildman–Crippen LogP) is 3.54. The lowest BCUT2D eigenvalue weighted by atomic mass is 9.91. The van der Waals surface area contributed by atoms with Crippen molar-refractivity contribution in [3.05, 3.63) is 57.8 Å². The molecule has 26 heavy (non-hydrogen) atoms. The number of carbonyl (C=O) groups is 1. The van der Waals surface area contributed by atoms with Crippen molar-refractivity contribution < 1.29 is 4.79 Å². The quantitative estimate of drug-likeness (QED) is 0.696. The van der Waals surface area contributed by atoms with Gasteiger partial charge in [0.15, 0.2) is 4.96 Å². The Balaban J connectivity index is 1.78. The number of carbonyl (C=O) groups excluding carboxylic acids is 1. The highest BCUT2D eigenvalue weighted by Crippen LogP contribution is 2.25. The minimum Gasteiger partial charge on any atom is -0.338 e. The molecule has 2 unspecified atom stereocenters. The number of benzene rings is 1. The highest BCUT2D eigenvalue weighted by molar-refractivity contribution is 7.15. The van der Waals surface area contributed by atoms with Crippen LogP contribution in [0, 0.1) is 11.8 Å². The highest BCUT2D eigenvalue weighted by atomic mass is 32.1. The van der Waals surface area contributed by atoms with E-state index in [1.165, 1.54) is 17.5 Å². The van der Waals surface area contributed by atoms with Crippen molar-refractivity contribution in [1.29, 1.82) is 0 Å². The van der Waals surface area contributed by atoms with Crippen LogP contribution >= 0.6 is 11.3 Å². The summed E-state index contributed by atoms with van der Waals surface area (Å²) in [5, 5.41) is 1.92. The second kappa shape index (κ2) is 6.68. The summed E-state index contributed by atoms with van der Waals surface area (Å²) in [5.74, 6) is 0.687. The molecule has 1 fully saturated rings. The van der Waals surface area contributed by atoms with E-state index >= 15 is 0 Å². The third kappa shape index (κ3) is 2.94. The minimum atomic E-state index is -0.286. The number of thiazole rings is 1. The van der Waals surface area contributed by atoms with E-state index in [1.807, 2.05) is 35.7 Å². The number of rotatable bonds is 2. The first-order chi connectivity index (χ1) is 12.5. The van der Waals surface area contributed by atoms with Crippen molar-refractivity contribution >= 4 is 22.2 Å². The fourth-order valence-electron chi connectivity index (χ4n) is 3.85. The van der Waals surface area contributed by atoms with Crippen LogP contribution in [0.3, 0.4) is 0 Å². The van der Waals surface area contributed by atoms with Crippen LogP contribution in [0.4, 0.5) is 0 Å². The largest absolute Gasteiger partial charge is 0.338 e. The Morgan fingerprint density at radius 3 is 2.54 bits per heavy atom. The zero-order valence-electron chi connectivity index (χ0n) is 14.9.